The summed E-state index contributed by atoms with van der Waals surface area (Å²) in [5, 5.41) is 13.1. The van der Waals surface area contributed by atoms with Crippen LogP contribution in [-0.4, -0.2) is 64.6 Å². The van der Waals surface area contributed by atoms with Crippen LogP contribution in [0.4, 0.5) is 10.5 Å². The summed E-state index contributed by atoms with van der Waals surface area (Å²) in [6, 6.07) is 19.2. The van der Waals surface area contributed by atoms with Crippen LogP contribution in [0.3, 0.4) is 0 Å². The van der Waals surface area contributed by atoms with Crippen LogP contribution in [0.25, 0.3) is 11.1 Å². The summed E-state index contributed by atoms with van der Waals surface area (Å²) in [5.41, 5.74) is 3.46. The molecular weight excluding hydrogens is 482 g/mol. The lowest BCUT2D eigenvalue weighted by molar-refractivity contribution is 0.0141. The molecule has 0 radical (unpaired) electrons. The van der Waals surface area contributed by atoms with Crippen LogP contribution in [0.1, 0.15) is 47.1 Å². The van der Waals surface area contributed by atoms with Crippen LogP contribution in [0.15, 0.2) is 66.7 Å². The first-order valence-corrected chi connectivity index (χ1v) is 12.6. The molecule has 8 heteroatoms. The number of ether oxygens (including phenoxy) is 1. The summed E-state index contributed by atoms with van der Waals surface area (Å²) >= 11 is 0. The molecule has 3 amide bonds. The van der Waals surface area contributed by atoms with E-state index < -0.39 is 5.60 Å². The summed E-state index contributed by atoms with van der Waals surface area (Å²) in [6.45, 7) is 9.12. The largest absolute Gasteiger partial charge is 0.508 e. The van der Waals surface area contributed by atoms with Crippen molar-refractivity contribution in [3.8, 4) is 16.9 Å². The van der Waals surface area contributed by atoms with Crippen molar-refractivity contribution in [2.45, 2.75) is 33.3 Å². The van der Waals surface area contributed by atoms with Crippen LogP contribution >= 0.6 is 0 Å². The zero-order chi connectivity index (χ0) is 27.4. The highest BCUT2D eigenvalue weighted by atomic mass is 16.6. The number of benzene rings is 3. The van der Waals surface area contributed by atoms with Crippen molar-refractivity contribution in [2.24, 2.45) is 0 Å². The highest BCUT2D eigenvalue weighted by Gasteiger charge is 2.28. The first-order chi connectivity index (χ1) is 18.0. The van der Waals surface area contributed by atoms with Crippen molar-refractivity contribution in [3.63, 3.8) is 0 Å². The van der Waals surface area contributed by atoms with Gasteiger partial charge in [-0.05, 0) is 81.3 Å². The maximum atomic E-state index is 13.0. The summed E-state index contributed by atoms with van der Waals surface area (Å²) in [4.78, 5) is 41.4. The van der Waals surface area contributed by atoms with Crippen LogP contribution in [-0.2, 0) is 4.74 Å². The number of hydrogen-bond donors (Lipinski definition) is 2. The second-order valence-corrected chi connectivity index (χ2v) is 10.4. The third-order valence-corrected chi connectivity index (χ3v) is 6.17. The van der Waals surface area contributed by atoms with E-state index >= 15 is 0 Å². The lowest BCUT2D eigenvalue weighted by Gasteiger charge is -2.35. The van der Waals surface area contributed by atoms with Gasteiger partial charge in [0, 0.05) is 43.0 Å². The molecule has 0 saturated carbocycles. The van der Waals surface area contributed by atoms with Crippen LogP contribution in [0.5, 0.6) is 5.75 Å². The Kier molecular flexibility index (Phi) is 7.71. The number of nitrogens with zero attached hydrogens (tertiary/aromatic N) is 2. The molecule has 0 atom stereocenters. The molecule has 8 nitrogen and oxygen atoms in total. The molecule has 3 aromatic carbocycles. The number of piperazine rings is 1. The van der Waals surface area contributed by atoms with Crippen LogP contribution < -0.4 is 5.32 Å². The molecule has 1 fully saturated rings. The van der Waals surface area contributed by atoms with Crippen molar-refractivity contribution in [1.82, 2.24) is 9.80 Å². The highest BCUT2D eigenvalue weighted by Crippen LogP contribution is 2.27. The summed E-state index contributed by atoms with van der Waals surface area (Å²) in [7, 11) is 0. The van der Waals surface area contributed by atoms with E-state index in [0.29, 0.717) is 48.6 Å². The molecule has 4 rings (SSSR count). The number of anilines is 1. The fourth-order valence-corrected chi connectivity index (χ4v) is 4.16. The molecule has 0 aromatic heterocycles. The third-order valence-electron chi connectivity index (χ3n) is 6.17. The first-order valence-electron chi connectivity index (χ1n) is 12.6. The van der Waals surface area contributed by atoms with Crippen molar-refractivity contribution in [1.29, 1.82) is 0 Å². The first kappa shape index (κ1) is 26.7. The lowest BCUT2D eigenvalue weighted by atomic mass is 10.0. The number of carbonyl (C=O) groups is 3. The Morgan fingerprint density at radius 3 is 2.00 bits per heavy atom. The Labute approximate surface area is 222 Å². The average molecular weight is 516 g/mol. The van der Waals surface area contributed by atoms with Gasteiger partial charge in [-0.25, -0.2) is 4.79 Å². The minimum absolute atomic E-state index is 0.0282. The number of phenols is 1. The van der Waals surface area contributed by atoms with Gasteiger partial charge >= 0.3 is 6.09 Å². The molecule has 0 unspecified atom stereocenters. The lowest BCUT2D eigenvalue weighted by Crippen LogP contribution is -2.51. The molecule has 0 bridgehead atoms. The topological polar surface area (TPSA) is 99.2 Å². The maximum Gasteiger partial charge on any atom is 0.410 e. The van der Waals surface area contributed by atoms with Gasteiger partial charge in [0.2, 0.25) is 0 Å². The number of rotatable bonds is 4. The molecule has 2 N–H and O–H groups in total. The van der Waals surface area contributed by atoms with Crippen molar-refractivity contribution in [3.05, 3.63) is 83.4 Å². The summed E-state index contributed by atoms with van der Waals surface area (Å²) in [5.74, 6) is -0.475. The Hall–Kier alpha value is -4.33. The molecule has 0 aliphatic carbocycles. The highest BCUT2D eigenvalue weighted by molar-refractivity contribution is 6.05. The van der Waals surface area contributed by atoms with Crippen LogP contribution in [0, 0.1) is 6.92 Å². The van der Waals surface area contributed by atoms with E-state index in [1.165, 1.54) is 6.07 Å². The predicted octanol–water partition coefficient (Wildman–Crippen LogP) is 5.31. The number of aryl methyl sites for hydroxylation is 1. The summed E-state index contributed by atoms with van der Waals surface area (Å²) in [6.07, 6.45) is -0.369. The van der Waals surface area contributed by atoms with Crippen molar-refractivity contribution >= 4 is 23.6 Å². The smallest absolute Gasteiger partial charge is 0.410 e. The number of phenolic OH excluding ortho intramolecular Hbond substituents is 1. The molecule has 0 spiro atoms. The number of nitrogens with one attached hydrogen (secondary N) is 1. The minimum atomic E-state index is -0.563. The van der Waals surface area contributed by atoms with E-state index in [1.54, 1.807) is 46.2 Å². The Bertz CT molecular complexity index is 1320. The van der Waals surface area contributed by atoms with E-state index in [9.17, 15) is 19.5 Å². The molecule has 1 aliphatic heterocycles. The second kappa shape index (κ2) is 11.0. The Morgan fingerprint density at radius 1 is 0.789 bits per heavy atom. The maximum absolute atomic E-state index is 13.0. The third kappa shape index (κ3) is 6.70. The van der Waals surface area contributed by atoms with Gasteiger partial charge in [-0.3, -0.25) is 9.59 Å². The van der Waals surface area contributed by atoms with Crippen LogP contribution in [0.2, 0.25) is 0 Å². The van der Waals surface area contributed by atoms with Gasteiger partial charge in [-0.2, -0.15) is 0 Å². The standard InChI is InChI=1S/C30H33N3O5/c1-20-5-11-25(12-6-20)31-27(35)24-17-23(18-26(34)19-24)21-7-9-22(10-8-21)28(36)32-13-15-33(16-14-32)29(37)38-30(2,3)4/h5-12,17-19,34H,13-16H2,1-4H3,(H,31,35). The molecule has 1 aliphatic rings. The molecule has 38 heavy (non-hydrogen) atoms. The van der Waals surface area contributed by atoms with Gasteiger partial charge in [-0.1, -0.05) is 29.8 Å². The monoisotopic (exact) mass is 515 g/mol. The molecule has 1 saturated heterocycles. The van der Waals surface area contributed by atoms with Gasteiger partial charge in [-0.15, -0.1) is 0 Å². The SMILES string of the molecule is Cc1ccc(NC(=O)c2cc(O)cc(-c3ccc(C(=O)N4CCN(C(=O)OC(C)(C)C)CC4)cc3)c2)cc1. The predicted molar refractivity (Wildman–Crippen MR) is 146 cm³/mol. The fraction of sp³-hybridized carbons (Fsp3) is 0.300. The Balaban J connectivity index is 1.41. The quantitative estimate of drug-likeness (QED) is 0.490. The number of aromatic hydroxyl groups is 1. The van der Waals surface area contributed by atoms with E-state index in [2.05, 4.69) is 5.32 Å². The van der Waals surface area contributed by atoms with Gasteiger partial charge < -0.3 is 25.0 Å². The van der Waals surface area contributed by atoms with Gasteiger partial charge in [0.15, 0.2) is 0 Å². The fourth-order valence-electron chi connectivity index (χ4n) is 4.16. The van der Waals surface area contributed by atoms with E-state index in [0.717, 1.165) is 11.1 Å². The number of hydrogen-bond acceptors (Lipinski definition) is 5. The summed E-state index contributed by atoms with van der Waals surface area (Å²) < 4.78 is 5.42. The van der Waals surface area contributed by atoms with E-state index in [1.807, 2.05) is 52.0 Å². The molecule has 198 valence electrons. The Morgan fingerprint density at radius 2 is 1.39 bits per heavy atom. The minimum Gasteiger partial charge on any atom is -0.508 e. The molecule has 1 heterocycles. The normalized spacial score (nSPS) is 13.7. The van der Waals surface area contributed by atoms with Gasteiger partial charge in [0.05, 0.1) is 0 Å². The van der Waals surface area contributed by atoms with E-state index in [4.69, 9.17) is 4.74 Å². The molecule has 3 aromatic rings. The van der Waals surface area contributed by atoms with Crippen molar-refractivity contribution in [2.75, 3.05) is 31.5 Å². The average Bonchev–Trinajstić information content (AvgIpc) is 2.88. The van der Waals surface area contributed by atoms with Crippen molar-refractivity contribution < 1.29 is 24.2 Å². The van der Waals surface area contributed by atoms with Gasteiger partial charge in [0.25, 0.3) is 11.8 Å². The van der Waals surface area contributed by atoms with Gasteiger partial charge in [0.1, 0.15) is 11.4 Å². The van der Waals surface area contributed by atoms with E-state index in [-0.39, 0.29) is 23.7 Å². The molecular formula is C30H33N3O5. The number of carbonyl (C=O) groups excluding carboxylic acids is 3. The zero-order valence-electron chi connectivity index (χ0n) is 22.2. The second-order valence-electron chi connectivity index (χ2n) is 10.4. The zero-order valence-corrected chi connectivity index (χ0v) is 22.2. The number of amides is 3.